The Hall–Kier alpha value is -3.05. The molecule has 0 saturated heterocycles. The zero-order valence-electron chi connectivity index (χ0n) is 18.2. The fourth-order valence-electron chi connectivity index (χ4n) is 3.24. The summed E-state index contributed by atoms with van der Waals surface area (Å²) in [5.74, 6) is -0.160. The molecule has 2 aromatic carbocycles. The third-order valence-electron chi connectivity index (χ3n) is 4.98. The van der Waals surface area contributed by atoms with Crippen molar-refractivity contribution in [2.24, 2.45) is 0 Å². The number of methoxy groups -OCH3 is 2. The summed E-state index contributed by atoms with van der Waals surface area (Å²) in [4.78, 5) is -0.0219. The molecule has 0 spiro atoms. The average Bonchev–Trinajstić information content (AvgIpc) is 3.29. The van der Waals surface area contributed by atoms with Crippen LogP contribution in [0.3, 0.4) is 0 Å². The van der Waals surface area contributed by atoms with Crippen LogP contribution in [-0.4, -0.2) is 34.3 Å². The van der Waals surface area contributed by atoms with Crippen LogP contribution in [0.25, 0.3) is 11.3 Å². The Labute approximate surface area is 189 Å². The van der Waals surface area contributed by atoms with Gasteiger partial charge in [0.05, 0.1) is 19.1 Å². The van der Waals surface area contributed by atoms with Gasteiger partial charge in [0.15, 0.2) is 11.5 Å². The van der Waals surface area contributed by atoms with Gasteiger partial charge in [0.25, 0.3) is 0 Å². The topological polar surface area (TPSA) is 90.7 Å². The normalized spacial score (nSPS) is 12.1. The largest absolute Gasteiger partial charge is 0.493 e. The summed E-state index contributed by atoms with van der Waals surface area (Å²) in [6.45, 7) is 1.89. The van der Waals surface area contributed by atoms with Crippen molar-refractivity contribution < 1.29 is 35.6 Å². The molecular weight excluding hydrogens is 461 g/mol. The van der Waals surface area contributed by atoms with Crippen LogP contribution in [0.5, 0.6) is 11.5 Å². The summed E-state index contributed by atoms with van der Waals surface area (Å²) in [7, 11) is -0.908. The summed E-state index contributed by atoms with van der Waals surface area (Å²) in [6.07, 6.45) is -3.88. The van der Waals surface area contributed by atoms with E-state index in [-0.39, 0.29) is 22.7 Å². The minimum absolute atomic E-state index is 0.0219. The molecule has 0 aliphatic heterocycles. The Bertz CT molecular complexity index is 1220. The summed E-state index contributed by atoms with van der Waals surface area (Å²) >= 11 is 0. The lowest BCUT2D eigenvalue weighted by molar-refractivity contribution is -0.155. The van der Waals surface area contributed by atoms with Gasteiger partial charge in [-0.25, -0.2) is 13.1 Å². The van der Waals surface area contributed by atoms with Crippen LogP contribution in [0, 0.1) is 0 Å². The van der Waals surface area contributed by atoms with Gasteiger partial charge in [-0.3, -0.25) is 0 Å². The van der Waals surface area contributed by atoms with Gasteiger partial charge in [-0.2, -0.15) is 13.2 Å². The minimum Gasteiger partial charge on any atom is -0.493 e. The highest BCUT2D eigenvalue weighted by Gasteiger charge is 2.36. The molecule has 1 heterocycles. The predicted octanol–water partition coefficient (Wildman–Crippen LogP) is 4.46. The highest BCUT2D eigenvalue weighted by Crippen LogP contribution is 2.33. The van der Waals surface area contributed by atoms with Crippen LogP contribution in [0.1, 0.15) is 23.8 Å². The first kappa shape index (κ1) is 24.6. The second-order valence-electron chi connectivity index (χ2n) is 7.09. The molecule has 0 bridgehead atoms. The number of sulfonamides is 1. The highest BCUT2D eigenvalue weighted by atomic mass is 32.2. The molecule has 0 radical (unpaired) electrons. The zero-order chi connectivity index (χ0) is 24.2. The first-order chi connectivity index (χ1) is 15.6. The number of halogens is 3. The van der Waals surface area contributed by atoms with E-state index in [1.165, 1.54) is 26.4 Å². The SMILES string of the molecule is CCc1ccc(-c2cc(C(F)(F)F)on2)cc1S(=O)(=O)NCCc1ccc(OC)c(OC)c1. The molecule has 1 N–H and O–H groups in total. The molecule has 3 aromatic rings. The van der Waals surface area contributed by atoms with Crippen LogP contribution in [0.2, 0.25) is 0 Å². The van der Waals surface area contributed by atoms with Crippen LogP contribution < -0.4 is 14.2 Å². The Kier molecular flexibility index (Phi) is 7.33. The van der Waals surface area contributed by atoms with E-state index in [9.17, 15) is 21.6 Å². The molecule has 0 saturated carbocycles. The number of alkyl halides is 3. The Morgan fingerprint density at radius 1 is 1.03 bits per heavy atom. The van der Waals surface area contributed by atoms with Gasteiger partial charge in [-0.1, -0.05) is 30.3 Å². The lowest BCUT2D eigenvalue weighted by Crippen LogP contribution is -2.27. The van der Waals surface area contributed by atoms with Gasteiger partial charge in [0, 0.05) is 18.2 Å². The van der Waals surface area contributed by atoms with Crippen LogP contribution in [0.4, 0.5) is 13.2 Å². The summed E-state index contributed by atoms with van der Waals surface area (Å²) in [5.41, 5.74) is 1.46. The molecule has 33 heavy (non-hydrogen) atoms. The summed E-state index contributed by atoms with van der Waals surface area (Å²) in [5, 5.41) is 3.43. The van der Waals surface area contributed by atoms with Gasteiger partial charge in [0.2, 0.25) is 15.8 Å². The number of rotatable bonds is 9. The summed E-state index contributed by atoms with van der Waals surface area (Å²) in [6, 6.07) is 10.4. The molecule has 0 fully saturated rings. The van der Waals surface area contributed by atoms with Crippen LogP contribution in [0.15, 0.2) is 51.9 Å². The molecule has 0 atom stereocenters. The van der Waals surface area contributed by atoms with E-state index >= 15 is 0 Å². The maximum absolute atomic E-state index is 13.0. The molecule has 0 unspecified atom stereocenters. The minimum atomic E-state index is -4.69. The van der Waals surface area contributed by atoms with E-state index in [1.54, 1.807) is 31.2 Å². The van der Waals surface area contributed by atoms with Crippen molar-refractivity contribution in [2.45, 2.75) is 30.8 Å². The molecule has 11 heteroatoms. The quantitative estimate of drug-likeness (QED) is 0.482. The number of nitrogens with zero attached hydrogens (tertiary/aromatic N) is 1. The number of aryl methyl sites for hydroxylation is 1. The van der Waals surface area contributed by atoms with Crippen molar-refractivity contribution in [3.8, 4) is 22.8 Å². The molecule has 0 amide bonds. The van der Waals surface area contributed by atoms with E-state index in [1.807, 2.05) is 0 Å². The third kappa shape index (κ3) is 5.66. The Morgan fingerprint density at radius 3 is 2.36 bits per heavy atom. The maximum Gasteiger partial charge on any atom is 0.452 e. The monoisotopic (exact) mass is 484 g/mol. The van der Waals surface area contributed by atoms with Gasteiger partial charge in [0.1, 0.15) is 5.69 Å². The molecule has 3 rings (SSSR count). The molecule has 0 aliphatic carbocycles. The van der Waals surface area contributed by atoms with Crippen LogP contribution in [-0.2, 0) is 29.0 Å². The predicted molar refractivity (Wildman–Crippen MR) is 115 cm³/mol. The first-order valence-electron chi connectivity index (χ1n) is 9.96. The van der Waals surface area contributed by atoms with Gasteiger partial charge in [-0.15, -0.1) is 0 Å². The second kappa shape index (κ2) is 9.84. The van der Waals surface area contributed by atoms with Crippen molar-refractivity contribution in [1.82, 2.24) is 9.88 Å². The van der Waals surface area contributed by atoms with E-state index in [0.717, 1.165) is 11.6 Å². The standard InChI is InChI=1S/C22H23F3N2O5S/c1-4-15-6-7-16(17-13-21(32-27-17)22(23,24)25)12-20(15)33(28,29)26-10-9-14-5-8-18(30-2)19(11-14)31-3/h5-8,11-13,26H,4,9-10H2,1-3H3. The smallest absolute Gasteiger partial charge is 0.452 e. The van der Waals surface area contributed by atoms with E-state index in [4.69, 9.17) is 9.47 Å². The van der Waals surface area contributed by atoms with E-state index in [0.29, 0.717) is 29.9 Å². The lowest BCUT2D eigenvalue weighted by Gasteiger charge is -2.13. The van der Waals surface area contributed by atoms with E-state index in [2.05, 4.69) is 14.4 Å². The van der Waals surface area contributed by atoms with E-state index < -0.39 is 22.0 Å². The lowest BCUT2D eigenvalue weighted by atomic mass is 10.1. The molecule has 0 aliphatic rings. The zero-order valence-corrected chi connectivity index (χ0v) is 19.0. The van der Waals surface area contributed by atoms with Gasteiger partial charge < -0.3 is 14.0 Å². The number of aromatic nitrogens is 1. The van der Waals surface area contributed by atoms with Crippen molar-refractivity contribution in [3.05, 3.63) is 59.4 Å². The Morgan fingerprint density at radius 2 is 1.76 bits per heavy atom. The van der Waals surface area contributed by atoms with Crippen molar-refractivity contribution in [2.75, 3.05) is 20.8 Å². The number of hydrogen-bond donors (Lipinski definition) is 1. The molecule has 1 aromatic heterocycles. The summed E-state index contributed by atoms with van der Waals surface area (Å²) < 4.78 is 81.8. The van der Waals surface area contributed by atoms with Crippen molar-refractivity contribution >= 4 is 10.0 Å². The number of hydrogen-bond acceptors (Lipinski definition) is 6. The third-order valence-corrected chi connectivity index (χ3v) is 6.52. The van der Waals surface area contributed by atoms with Crippen molar-refractivity contribution in [3.63, 3.8) is 0 Å². The van der Waals surface area contributed by atoms with Crippen molar-refractivity contribution in [1.29, 1.82) is 0 Å². The number of nitrogens with one attached hydrogen (secondary N) is 1. The molecular formula is C22H23F3N2O5S. The average molecular weight is 484 g/mol. The second-order valence-corrected chi connectivity index (χ2v) is 8.82. The first-order valence-corrected chi connectivity index (χ1v) is 11.4. The fourth-order valence-corrected chi connectivity index (χ4v) is 4.61. The van der Waals surface area contributed by atoms with Crippen LogP contribution >= 0.6 is 0 Å². The number of benzene rings is 2. The molecule has 7 nitrogen and oxygen atoms in total. The fraction of sp³-hybridized carbons (Fsp3) is 0.318. The molecule has 178 valence electrons. The number of ether oxygens (including phenoxy) is 2. The highest BCUT2D eigenvalue weighted by molar-refractivity contribution is 7.89. The maximum atomic E-state index is 13.0. The van der Waals surface area contributed by atoms with Gasteiger partial charge >= 0.3 is 6.18 Å². The van der Waals surface area contributed by atoms with Gasteiger partial charge in [-0.05, 0) is 42.2 Å². The Balaban J connectivity index is 1.80.